The molecule has 16 heavy (non-hydrogen) atoms. The maximum Gasteiger partial charge on any atom is 0.258 e. The second-order valence-electron chi connectivity index (χ2n) is 3.33. The topological polar surface area (TPSA) is 82.0 Å². The van der Waals surface area contributed by atoms with Gasteiger partial charge in [-0.15, -0.1) is 0 Å². The SMILES string of the molecule is Nc1ncccc1C1=C([N+](=O)[O-])[CH]CC=C1. The van der Waals surface area contributed by atoms with Crippen LogP contribution in [0.15, 0.2) is 36.2 Å². The lowest BCUT2D eigenvalue weighted by atomic mass is 9.97. The Bertz CT molecular complexity index is 492. The molecular weight excluding hydrogens is 206 g/mol. The Morgan fingerprint density at radius 1 is 1.50 bits per heavy atom. The summed E-state index contributed by atoms with van der Waals surface area (Å²) in [5.41, 5.74) is 6.90. The van der Waals surface area contributed by atoms with Gasteiger partial charge in [0.15, 0.2) is 0 Å². The fourth-order valence-corrected chi connectivity index (χ4v) is 1.61. The van der Waals surface area contributed by atoms with Crippen LogP contribution in [0.2, 0.25) is 0 Å². The molecule has 0 atom stereocenters. The van der Waals surface area contributed by atoms with Gasteiger partial charge in [-0.3, -0.25) is 10.1 Å². The molecule has 1 aromatic heterocycles. The molecule has 5 heteroatoms. The summed E-state index contributed by atoms with van der Waals surface area (Å²) in [5.74, 6) is 0.303. The quantitative estimate of drug-likeness (QED) is 0.603. The summed E-state index contributed by atoms with van der Waals surface area (Å²) in [5, 5.41) is 10.9. The number of allylic oxidation sites excluding steroid dienone is 4. The molecule has 0 saturated heterocycles. The first-order chi connectivity index (χ1) is 7.70. The van der Waals surface area contributed by atoms with Crippen molar-refractivity contribution in [2.45, 2.75) is 6.42 Å². The second-order valence-corrected chi connectivity index (χ2v) is 3.33. The second kappa shape index (κ2) is 4.14. The van der Waals surface area contributed by atoms with Crippen molar-refractivity contribution in [1.29, 1.82) is 0 Å². The molecule has 81 valence electrons. The van der Waals surface area contributed by atoms with Crippen molar-refractivity contribution in [2.75, 3.05) is 5.73 Å². The standard InChI is InChI=1S/C11H10N3O2/c12-11-9(5-3-7-13-11)8-4-1-2-6-10(8)14(15)16/h1,3-7H,2H2,(H2,12,13). The van der Waals surface area contributed by atoms with Crippen molar-refractivity contribution < 1.29 is 4.92 Å². The van der Waals surface area contributed by atoms with E-state index < -0.39 is 4.92 Å². The molecule has 1 aliphatic carbocycles. The molecule has 0 fully saturated rings. The van der Waals surface area contributed by atoms with Crippen molar-refractivity contribution in [3.8, 4) is 0 Å². The van der Waals surface area contributed by atoms with Gasteiger partial charge in [0.25, 0.3) is 5.70 Å². The van der Waals surface area contributed by atoms with Crippen LogP contribution in [0.4, 0.5) is 5.82 Å². The van der Waals surface area contributed by atoms with E-state index in [1.807, 2.05) is 6.08 Å². The Morgan fingerprint density at radius 2 is 2.31 bits per heavy atom. The maximum absolute atomic E-state index is 10.9. The van der Waals surface area contributed by atoms with Crippen LogP contribution in [0.5, 0.6) is 0 Å². The molecule has 0 aliphatic heterocycles. The number of nitro groups is 1. The third-order valence-corrected chi connectivity index (χ3v) is 2.33. The maximum atomic E-state index is 10.9. The Balaban J connectivity index is 2.57. The summed E-state index contributed by atoms with van der Waals surface area (Å²) < 4.78 is 0. The highest BCUT2D eigenvalue weighted by Gasteiger charge is 2.22. The highest BCUT2D eigenvalue weighted by Crippen LogP contribution is 2.29. The lowest BCUT2D eigenvalue weighted by molar-refractivity contribution is -0.420. The first kappa shape index (κ1) is 10.4. The van der Waals surface area contributed by atoms with Gasteiger partial charge in [0.05, 0.1) is 16.9 Å². The lowest BCUT2D eigenvalue weighted by Gasteiger charge is -2.10. The molecule has 0 bridgehead atoms. The van der Waals surface area contributed by atoms with Gasteiger partial charge in [-0.2, -0.15) is 0 Å². The summed E-state index contributed by atoms with van der Waals surface area (Å²) in [6.45, 7) is 0. The highest BCUT2D eigenvalue weighted by atomic mass is 16.6. The van der Waals surface area contributed by atoms with Crippen molar-refractivity contribution in [3.05, 3.63) is 58.3 Å². The predicted molar refractivity (Wildman–Crippen MR) is 60.6 cm³/mol. The minimum atomic E-state index is -0.398. The number of nitrogens with zero attached hydrogens (tertiary/aromatic N) is 2. The zero-order valence-electron chi connectivity index (χ0n) is 8.46. The number of hydrogen-bond acceptors (Lipinski definition) is 4. The van der Waals surface area contributed by atoms with Crippen molar-refractivity contribution in [3.63, 3.8) is 0 Å². The van der Waals surface area contributed by atoms with Gasteiger partial charge in [0.1, 0.15) is 5.82 Å². The summed E-state index contributed by atoms with van der Waals surface area (Å²) in [7, 11) is 0. The van der Waals surface area contributed by atoms with Crippen LogP contribution in [-0.2, 0) is 0 Å². The van der Waals surface area contributed by atoms with E-state index in [0.29, 0.717) is 23.4 Å². The lowest BCUT2D eigenvalue weighted by Crippen LogP contribution is -2.07. The van der Waals surface area contributed by atoms with Gasteiger partial charge >= 0.3 is 0 Å². The molecule has 2 rings (SSSR count). The van der Waals surface area contributed by atoms with Crippen molar-refractivity contribution >= 4 is 11.4 Å². The van der Waals surface area contributed by atoms with E-state index in [1.165, 1.54) is 0 Å². The molecule has 0 spiro atoms. The van der Waals surface area contributed by atoms with Crippen LogP contribution in [0.25, 0.3) is 5.57 Å². The fourth-order valence-electron chi connectivity index (χ4n) is 1.61. The molecule has 0 unspecified atom stereocenters. The van der Waals surface area contributed by atoms with E-state index in [-0.39, 0.29) is 5.70 Å². The molecule has 5 nitrogen and oxygen atoms in total. The Hall–Kier alpha value is -2.17. The first-order valence-corrected chi connectivity index (χ1v) is 4.79. The number of pyridine rings is 1. The van der Waals surface area contributed by atoms with E-state index in [2.05, 4.69) is 4.98 Å². The van der Waals surface area contributed by atoms with Gasteiger partial charge in [-0.1, -0.05) is 12.2 Å². The first-order valence-electron chi connectivity index (χ1n) is 4.79. The molecule has 0 amide bonds. The monoisotopic (exact) mass is 216 g/mol. The average Bonchev–Trinajstić information content (AvgIpc) is 2.29. The number of hydrogen-bond donors (Lipinski definition) is 1. The molecule has 0 saturated carbocycles. The summed E-state index contributed by atoms with van der Waals surface area (Å²) in [6, 6.07) is 3.43. The van der Waals surface area contributed by atoms with Gasteiger partial charge < -0.3 is 5.73 Å². The Kier molecular flexibility index (Phi) is 2.68. The van der Waals surface area contributed by atoms with Crippen LogP contribution < -0.4 is 5.73 Å². The summed E-state index contributed by atoms with van der Waals surface area (Å²) >= 11 is 0. The third-order valence-electron chi connectivity index (χ3n) is 2.33. The predicted octanol–water partition coefficient (Wildman–Crippen LogP) is 1.82. The fraction of sp³-hybridized carbons (Fsp3) is 0.0909. The minimum absolute atomic E-state index is 0.0854. The number of nitrogens with two attached hydrogens (primary N) is 1. The van der Waals surface area contributed by atoms with Crippen LogP contribution in [0, 0.1) is 16.5 Å². The van der Waals surface area contributed by atoms with E-state index in [4.69, 9.17) is 5.73 Å². The van der Waals surface area contributed by atoms with Gasteiger partial charge in [-0.05, 0) is 18.6 Å². The zero-order valence-corrected chi connectivity index (χ0v) is 8.46. The van der Waals surface area contributed by atoms with Crippen LogP contribution in [-0.4, -0.2) is 9.91 Å². The van der Waals surface area contributed by atoms with E-state index in [1.54, 1.807) is 30.8 Å². The Labute approximate surface area is 92.4 Å². The summed E-state index contributed by atoms with van der Waals surface area (Å²) in [6.07, 6.45) is 7.27. The number of aromatic nitrogens is 1. The van der Waals surface area contributed by atoms with E-state index in [9.17, 15) is 10.1 Å². The normalized spacial score (nSPS) is 15.2. The van der Waals surface area contributed by atoms with Crippen molar-refractivity contribution in [1.82, 2.24) is 4.98 Å². The largest absolute Gasteiger partial charge is 0.383 e. The average molecular weight is 216 g/mol. The number of nitrogen functional groups attached to an aromatic ring is 1. The van der Waals surface area contributed by atoms with Crippen LogP contribution in [0.3, 0.4) is 0 Å². The number of rotatable bonds is 2. The number of anilines is 1. The van der Waals surface area contributed by atoms with Gasteiger partial charge in [0, 0.05) is 11.8 Å². The van der Waals surface area contributed by atoms with Gasteiger partial charge in [0.2, 0.25) is 0 Å². The summed E-state index contributed by atoms with van der Waals surface area (Å²) in [4.78, 5) is 14.4. The Morgan fingerprint density at radius 3 is 3.00 bits per heavy atom. The van der Waals surface area contributed by atoms with Crippen LogP contribution in [0.1, 0.15) is 12.0 Å². The highest BCUT2D eigenvalue weighted by molar-refractivity contribution is 5.82. The zero-order chi connectivity index (χ0) is 11.5. The molecular formula is C11H10N3O2. The molecule has 2 N–H and O–H groups in total. The molecule has 1 radical (unpaired) electrons. The van der Waals surface area contributed by atoms with Crippen molar-refractivity contribution in [2.24, 2.45) is 0 Å². The molecule has 0 aromatic carbocycles. The smallest absolute Gasteiger partial charge is 0.258 e. The van der Waals surface area contributed by atoms with Gasteiger partial charge in [-0.25, -0.2) is 4.98 Å². The minimum Gasteiger partial charge on any atom is -0.383 e. The van der Waals surface area contributed by atoms with Crippen LogP contribution >= 0.6 is 0 Å². The van der Waals surface area contributed by atoms with E-state index >= 15 is 0 Å². The molecule has 1 aliphatic rings. The van der Waals surface area contributed by atoms with E-state index in [0.717, 1.165) is 0 Å². The molecule has 1 aromatic rings. The molecule has 1 heterocycles. The third kappa shape index (κ3) is 1.79.